The average molecular weight is 300 g/mol. The summed E-state index contributed by atoms with van der Waals surface area (Å²) in [5, 5.41) is 8.18. The quantitative estimate of drug-likeness (QED) is 0.712. The molecule has 3 fully saturated rings. The molecule has 6 nitrogen and oxygen atoms in total. The van der Waals surface area contributed by atoms with Crippen molar-refractivity contribution in [2.75, 3.05) is 40.1 Å². The third kappa shape index (κ3) is 4.16. The number of nitrogens with zero attached hydrogens (tertiary/aromatic N) is 2. The summed E-state index contributed by atoms with van der Waals surface area (Å²) in [5.74, 6) is 0.252. The molecule has 3 aliphatic rings. The number of ether oxygens (including phenoxy) is 2. The molecular formula is C15H28N2O4. The van der Waals surface area contributed by atoms with E-state index in [-0.39, 0.29) is 23.9 Å². The Hall–Kier alpha value is -0.690. The van der Waals surface area contributed by atoms with Gasteiger partial charge >= 0.3 is 0 Å². The number of rotatable bonds is 1. The molecule has 1 amide bonds. The smallest absolute Gasteiger partial charge is 0.255 e. The van der Waals surface area contributed by atoms with E-state index < -0.39 is 0 Å². The number of likely N-dealkylation sites (N-methyl/N-ethyl adjacent to an activating group) is 1. The highest BCUT2D eigenvalue weighted by molar-refractivity contribution is 5.89. The van der Waals surface area contributed by atoms with Gasteiger partial charge in [0.05, 0.1) is 18.2 Å². The lowest BCUT2D eigenvalue weighted by molar-refractivity contribution is -0.168. The fourth-order valence-corrected chi connectivity index (χ4v) is 2.67. The van der Waals surface area contributed by atoms with Crippen LogP contribution in [0.3, 0.4) is 0 Å². The van der Waals surface area contributed by atoms with Gasteiger partial charge < -0.3 is 24.4 Å². The van der Waals surface area contributed by atoms with Gasteiger partial charge in [0.25, 0.3) is 5.91 Å². The van der Waals surface area contributed by atoms with Crippen molar-refractivity contribution < 1.29 is 19.4 Å². The van der Waals surface area contributed by atoms with Gasteiger partial charge in [-0.15, -0.1) is 0 Å². The van der Waals surface area contributed by atoms with E-state index in [9.17, 15) is 4.79 Å². The minimum atomic E-state index is -0.369. The topological polar surface area (TPSA) is 62.2 Å². The molecule has 1 atom stereocenters. The number of carbonyl (C=O) groups excluding carboxylic acids is 1. The van der Waals surface area contributed by atoms with Gasteiger partial charge in [0.15, 0.2) is 0 Å². The lowest BCUT2D eigenvalue weighted by Gasteiger charge is -2.45. The maximum atomic E-state index is 12.0. The van der Waals surface area contributed by atoms with Crippen LogP contribution in [0.2, 0.25) is 0 Å². The fraction of sp³-hybridized carbons (Fsp3) is 0.933. The molecule has 2 aliphatic heterocycles. The van der Waals surface area contributed by atoms with Crippen LogP contribution in [-0.4, -0.2) is 78.1 Å². The maximum Gasteiger partial charge on any atom is 0.255 e. The van der Waals surface area contributed by atoms with E-state index in [1.807, 2.05) is 25.7 Å². The maximum absolute atomic E-state index is 12.0. The molecule has 21 heavy (non-hydrogen) atoms. The standard InChI is InChI=1S/C10H16N2O2.C5H12O2/c1-11-4-5-12-8(6-11)7-14-10(2-3-10)9(12)13;1-5(2,3)7-4-6/h8H,2-7H2,1H3;6H,4H2,1-3H3. The Balaban J connectivity index is 0.000000199. The van der Waals surface area contributed by atoms with E-state index in [4.69, 9.17) is 14.6 Å². The van der Waals surface area contributed by atoms with Gasteiger partial charge in [-0.2, -0.15) is 0 Å². The molecule has 1 spiro atoms. The van der Waals surface area contributed by atoms with E-state index in [2.05, 4.69) is 11.9 Å². The number of piperazine rings is 1. The number of aliphatic hydroxyl groups is 1. The van der Waals surface area contributed by atoms with Crippen molar-refractivity contribution in [1.82, 2.24) is 9.80 Å². The summed E-state index contributed by atoms with van der Waals surface area (Å²) < 4.78 is 10.5. The second-order valence-electron chi connectivity index (χ2n) is 7.11. The molecule has 2 saturated heterocycles. The van der Waals surface area contributed by atoms with Gasteiger partial charge in [0.2, 0.25) is 0 Å². The third-order valence-corrected chi connectivity index (χ3v) is 4.09. The molecule has 0 aromatic rings. The van der Waals surface area contributed by atoms with Crippen molar-refractivity contribution in [3.05, 3.63) is 0 Å². The summed E-state index contributed by atoms with van der Waals surface area (Å²) in [6, 6.07) is 0.299. The monoisotopic (exact) mass is 300 g/mol. The van der Waals surface area contributed by atoms with Crippen LogP contribution in [0.25, 0.3) is 0 Å². The molecular weight excluding hydrogens is 272 g/mol. The van der Waals surface area contributed by atoms with Crippen LogP contribution in [0, 0.1) is 0 Å². The summed E-state index contributed by atoms with van der Waals surface area (Å²) in [6.07, 6.45) is 1.87. The fourth-order valence-electron chi connectivity index (χ4n) is 2.67. The predicted molar refractivity (Wildman–Crippen MR) is 78.8 cm³/mol. The predicted octanol–water partition coefficient (Wildman–Crippen LogP) is 0.443. The summed E-state index contributed by atoms with van der Waals surface area (Å²) in [6.45, 7) is 9.06. The van der Waals surface area contributed by atoms with Crippen molar-refractivity contribution in [3.8, 4) is 0 Å². The Bertz CT molecular complexity index is 376. The van der Waals surface area contributed by atoms with E-state index >= 15 is 0 Å². The van der Waals surface area contributed by atoms with E-state index in [0.717, 1.165) is 39.1 Å². The molecule has 1 N–H and O–H groups in total. The van der Waals surface area contributed by atoms with Gasteiger partial charge in [0.1, 0.15) is 12.4 Å². The molecule has 0 radical (unpaired) electrons. The first-order valence-corrected chi connectivity index (χ1v) is 7.66. The lowest BCUT2D eigenvalue weighted by atomic mass is 10.1. The number of hydrogen-bond acceptors (Lipinski definition) is 5. The highest BCUT2D eigenvalue weighted by Crippen LogP contribution is 2.44. The largest absolute Gasteiger partial charge is 0.371 e. The van der Waals surface area contributed by atoms with Crippen LogP contribution in [-0.2, 0) is 14.3 Å². The molecule has 1 saturated carbocycles. The zero-order valence-electron chi connectivity index (χ0n) is 13.6. The summed E-state index contributed by atoms with van der Waals surface area (Å²) >= 11 is 0. The Labute approximate surface area is 127 Å². The normalized spacial score (nSPS) is 28.0. The lowest BCUT2D eigenvalue weighted by Crippen LogP contribution is -2.62. The molecule has 122 valence electrons. The zero-order chi connectivity index (χ0) is 15.7. The molecule has 3 rings (SSSR count). The molecule has 1 aliphatic carbocycles. The van der Waals surface area contributed by atoms with Crippen LogP contribution in [0.4, 0.5) is 0 Å². The number of aliphatic hydroxyl groups excluding tert-OH is 1. The number of morpholine rings is 1. The van der Waals surface area contributed by atoms with Crippen LogP contribution in [0.1, 0.15) is 33.6 Å². The molecule has 0 bridgehead atoms. The van der Waals surface area contributed by atoms with Crippen molar-refractivity contribution in [2.24, 2.45) is 0 Å². The van der Waals surface area contributed by atoms with Crippen LogP contribution < -0.4 is 0 Å². The number of hydrogen-bond donors (Lipinski definition) is 1. The van der Waals surface area contributed by atoms with Gasteiger partial charge in [-0.05, 0) is 40.7 Å². The van der Waals surface area contributed by atoms with E-state index in [1.165, 1.54) is 0 Å². The number of amides is 1. The Kier molecular flexibility index (Phi) is 4.92. The SMILES string of the molecule is CC(C)(C)OCO.CN1CCN2C(=O)C3(CC3)OCC2C1. The Morgan fingerprint density at radius 1 is 1.38 bits per heavy atom. The van der Waals surface area contributed by atoms with Crippen molar-refractivity contribution in [2.45, 2.75) is 50.9 Å². The van der Waals surface area contributed by atoms with Gasteiger partial charge in [-0.1, -0.05) is 0 Å². The number of fused-ring (bicyclic) bond motifs is 1. The van der Waals surface area contributed by atoms with Crippen LogP contribution >= 0.6 is 0 Å². The summed E-state index contributed by atoms with van der Waals surface area (Å²) in [4.78, 5) is 16.3. The van der Waals surface area contributed by atoms with Gasteiger partial charge in [0, 0.05) is 19.6 Å². The van der Waals surface area contributed by atoms with Gasteiger partial charge in [-0.25, -0.2) is 0 Å². The van der Waals surface area contributed by atoms with Crippen molar-refractivity contribution in [1.29, 1.82) is 0 Å². The molecule has 0 aromatic carbocycles. The van der Waals surface area contributed by atoms with Crippen LogP contribution in [0.15, 0.2) is 0 Å². The van der Waals surface area contributed by atoms with Crippen molar-refractivity contribution >= 4 is 5.91 Å². The van der Waals surface area contributed by atoms with E-state index in [1.54, 1.807) is 0 Å². The summed E-state index contributed by atoms with van der Waals surface area (Å²) in [5.41, 5.74) is -0.568. The average Bonchev–Trinajstić information content (AvgIpc) is 3.15. The molecule has 2 heterocycles. The second-order valence-corrected chi connectivity index (χ2v) is 7.11. The van der Waals surface area contributed by atoms with Gasteiger partial charge in [-0.3, -0.25) is 4.79 Å². The first-order chi connectivity index (χ1) is 9.77. The molecule has 6 heteroatoms. The number of carbonyl (C=O) groups is 1. The Morgan fingerprint density at radius 2 is 2.05 bits per heavy atom. The van der Waals surface area contributed by atoms with Crippen LogP contribution in [0.5, 0.6) is 0 Å². The second kappa shape index (κ2) is 6.20. The zero-order valence-corrected chi connectivity index (χ0v) is 13.6. The van der Waals surface area contributed by atoms with E-state index in [0.29, 0.717) is 6.04 Å². The minimum Gasteiger partial charge on any atom is -0.371 e. The molecule has 0 aromatic heterocycles. The first kappa shape index (κ1) is 16.7. The molecule has 1 unspecified atom stereocenters. The Morgan fingerprint density at radius 3 is 2.52 bits per heavy atom. The highest BCUT2D eigenvalue weighted by atomic mass is 16.6. The highest BCUT2D eigenvalue weighted by Gasteiger charge is 2.57. The van der Waals surface area contributed by atoms with Crippen molar-refractivity contribution in [3.63, 3.8) is 0 Å². The third-order valence-electron chi connectivity index (χ3n) is 4.09. The first-order valence-electron chi connectivity index (χ1n) is 7.66. The summed E-state index contributed by atoms with van der Waals surface area (Å²) in [7, 11) is 2.10. The minimum absolute atomic E-state index is 0.191.